The molecule has 0 radical (unpaired) electrons. The first kappa shape index (κ1) is 14.1. The van der Waals surface area contributed by atoms with Gasteiger partial charge >= 0.3 is 0 Å². The van der Waals surface area contributed by atoms with Crippen molar-refractivity contribution in [2.24, 2.45) is 11.7 Å². The van der Waals surface area contributed by atoms with Crippen LogP contribution < -0.4 is 5.73 Å². The van der Waals surface area contributed by atoms with Gasteiger partial charge in [-0.1, -0.05) is 32.6 Å². The summed E-state index contributed by atoms with van der Waals surface area (Å²) in [5, 5.41) is 4.43. The van der Waals surface area contributed by atoms with Crippen LogP contribution in [-0.2, 0) is 6.54 Å². The van der Waals surface area contributed by atoms with Crippen molar-refractivity contribution in [3.63, 3.8) is 0 Å². The molecule has 0 aromatic carbocycles. The smallest absolute Gasteiger partial charge is 0.0696 e. The highest BCUT2D eigenvalue weighted by Crippen LogP contribution is 2.34. The molecule has 1 unspecified atom stereocenters. The second-order valence-electron chi connectivity index (χ2n) is 5.38. The Hall–Kier alpha value is -0.350. The molecule has 3 nitrogen and oxygen atoms in total. The zero-order valence-corrected chi connectivity index (χ0v) is 12.8. The summed E-state index contributed by atoms with van der Waals surface area (Å²) in [6.45, 7) is 3.14. The normalized spacial score (nSPS) is 19.7. The zero-order chi connectivity index (χ0) is 13.0. The van der Waals surface area contributed by atoms with Crippen LogP contribution >= 0.6 is 15.9 Å². The number of hydrogen-bond donors (Lipinski definition) is 1. The van der Waals surface area contributed by atoms with Gasteiger partial charge in [0.1, 0.15) is 0 Å². The molecule has 0 spiro atoms. The van der Waals surface area contributed by atoms with E-state index in [0.717, 1.165) is 17.4 Å². The minimum absolute atomic E-state index is 0.131. The van der Waals surface area contributed by atoms with Crippen LogP contribution in [0.2, 0.25) is 0 Å². The molecule has 1 aromatic heterocycles. The maximum atomic E-state index is 6.52. The Bertz CT molecular complexity index is 367. The molecule has 102 valence electrons. The zero-order valence-electron chi connectivity index (χ0n) is 11.2. The van der Waals surface area contributed by atoms with Gasteiger partial charge in [0.15, 0.2) is 0 Å². The molecule has 2 N–H and O–H groups in total. The number of rotatable bonds is 4. The predicted molar refractivity (Wildman–Crippen MR) is 78.3 cm³/mol. The van der Waals surface area contributed by atoms with E-state index in [1.54, 1.807) is 0 Å². The van der Waals surface area contributed by atoms with E-state index in [1.807, 2.05) is 6.20 Å². The van der Waals surface area contributed by atoms with Crippen LogP contribution in [0.15, 0.2) is 10.7 Å². The topological polar surface area (TPSA) is 43.8 Å². The lowest BCUT2D eigenvalue weighted by atomic mass is 9.90. The molecule has 1 heterocycles. The molecule has 1 aliphatic rings. The Morgan fingerprint density at radius 1 is 1.39 bits per heavy atom. The van der Waals surface area contributed by atoms with Gasteiger partial charge in [-0.2, -0.15) is 5.10 Å². The van der Waals surface area contributed by atoms with Gasteiger partial charge in [0, 0.05) is 6.54 Å². The lowest BCUT2D eigenvalue weighted by Crippen LogP contribution is -2.25. The second-order valence-corrected chi connectivity index (χ2v) is 6.23. The van der Waals surface area contributed by atoms with Gasteiger partial charge in [-0.3, -0.25) is 4.68 Å². The average Bonchev–Trinajstić information content (AvgIpc) is 2.58. The highest BCUT2D eigenvalue weighted by molar-refractivity contribution is 9.10. The van der Waals surface area contributed by atoms with E-state index in [-0.39, 0.29) is 6.04 Å². The molecular weight excluding hydrogens is 290 g/mol. The second kappa shape index (κ2) is 6.71. The van der Waals surface area contributed by atoms with Crippen LogP contribution in [-0.4, -0.2) is 9.78 Å². The molecule has 1 aliphatic carbocycles. The molecule has 4 heteroatoms. The molecule has 1 atom stereocenters. The van der Waals surface area contributed by atoms with Gasteiger partial charge in [0.25, 0.3) is 0 Å². The first-order chi connectivity index (χ1) is 8.74. The highest BCUT2D eigenvalue weighted by atomic mass is 79.9. The fraction of sp³-hybridized carbons (Fsp3) is 0.786. The van der Waals surface area contributed by atoms with Gasteiger partial charge in [-0.05, 0) is 41.1 Å². The summed E-state index contributed by atoms with van der Waals surface area (Å²) in [6.07, 6.45) is 10.9. The van der Waals surface area contributed by atoms with Gasteiger partial charge in [-0.25, -0.2) is 0 Å². The molecule has 2 rings (SSSR count). The third-order valence-electron chi connectivity index (χ3n) is 3.99. The van der Waals surface area contributed by atoms with Crippen LogP contribution in [0.25, 0.3) is 0 Å². The molecule has 1 aromatic rings. The molecule has 0 saturated heterocycles. The molecule has 0 amide bonds. The van der Waals surface area contributed by atoms with Crippen molar-refractivity contribution in [2.45, 2.75) is 64.5 Å². The van der Waals surface area contributed by atoms with Crippen molar-refractivity contribution in [3.05, 3.63) is 16.4 Å². The molecule has 1 fully saturated rings. The summed E-state index contributed by atoms with van der Waals surface area (Å²) in [7, 11) is 0. The van der Waals surface area contributed by atoms with E-state index < -0.39 is 0 Å². The van der Waals surface area contributed by atoms with E-state index in [0.29, 0.717) is 5.92 Å². The predicted octanol–water partition coefficient (Wildman–Crippen LogP) is 4.03. The van der Waals surface area contributed by atoms with Crippen molar-refractivity contribution < 1.29 is 0 Å². The van der Waals surface area contributed by atoms with E-state index in [9.17, 15) is 0 Å². The third kappa shape index (κ3) is 3.15. The third-order valence-corrected chi connectivity index (χ3v) is 4.60. The van der Waals surface area contributed by atoms with Gasteiger partial charge in [0.2, 0.25) is 0 Å². The van der Waals surface area contributed by atoms with E-state index in [2.05, 4.69) is 32.6 Å². The molecule has 0 aliphatic heterocycles. The Balaban J connectivity index is 2.15. The summed E-state index contributed by atoms with van der Waals surface area (Å²) in [4.78, 5) is 0. The lowest BCUT2D eigenvalue weighted by Gasteiger charge is -2.23. The molecule has 1 saturated carbocycles. The Morgan fingerprint density at radius 3 is 2.67 bits per heavy atom. The minimum Gasteiger partial charge on any atom is -0.322 e. The van der Waals surface area contributed by atoms with Crippen LogP contribution in [0.3, 0.4) is 0 Å². The van der Waals surface area contributed by atoms with Gasteiger partial charge in [-0.15, -0.1) is 0 Å². The van der Waals surface area contributed by atoms with Crippen molar-refractivity contribution >= 4 is 15.9 Å². The molecule has 0 bridgehead atoms. The summed E-state index contributed by atoms with van der Waals surface area (Å²) < 4.78 is 3.16. The molecular formula is C14H24BrN3. The number of nitrogens with zero attached hydrogens (tertiary/aromatic N) is 2. The van der Waals surface area contributed by atoms with Crippen LogP contribution in [0.1, 0.15) is 63.6 Å². The SMILES string of the molecule is CCCn1ncc(Br)c1C(N)C1CCCCCC1. The van der Waals surface area contributed by atoms with Crippen LogP contribution in [0.5, 0.6) is 0 Å². The Labute approximate surface area is 118 Å². The van der Waals surface area contributed by atoms with Gasteiger partial charge < -0.3 is 5.73 Å². The molecule has 18 heavy (non-hydrogen) atoms. The fourth-order valence-electron chi connectivity index (χ4n) is 2.99. The number of aryl methyl sites for hydroxylation is 1. The monoisotopic (exact) mass is 313 g/mol. The maximum absolute atomic E-state index is 6.52. The largest absolute Gasteiger partial charge is 0.322 e. The van der Waals surface area contributed by atoms with E-state index in [4.69, 9.17) is 5.73 Å². The number of hydrogen-bond acceptors (Lipinski definition) is 2. The first-order valence-corrected chi connectivity index (χ1v) is 8.00. The average molecular weight is 314 g/mol. The number of nitrogens with two attached hydrogens (primary N) is 1. The van der Waals surface area contributed by atoms with Crippen molar-refractivity contribution in [3.8, 4) is 0 Å². The first-order valence-electron chi connectivity index (χ1n) is 7.20. The van der Waals surface area contributed by atoms with E-state index in [1.165, 1.54) is 44.2 Å². The highest BCUT2D eigenvalue weighted by Gasteiger charge is 2.25. The van der Waals surface area contributed by atoms with Gasteiger partial charge in [0.05, 0.1) is 22.4 Å². The summed E-state index contributed by atoms with van der Waals surface area (Å²) in [5.74, 6) is 0.621. The van der Waals surface area contributed by atoms with Crippen LogP contribution in [0, 0.1) is 5.92 Å². The van der Waals surface area contributed by atoms with E-state index >= 15 is 0 Å². The van der Waals surface area contributed by atoms with Crippen molar-refractivity contribution in [1.29, 1.82) is 0 Å². The fourth-order valence-corrected chi connectivity index (χ4v) is 3.55. The number of halogens is 1. The van der Waals surface area contributed by atoms with Crippen molar-refractivity contribution in [2.75, 3.05) is 0 Å². The maximum Gasteiger partial charge on any atom is 0.0696 e. The summed E-state index contributed by atoms with van der Waals surface area (Å²) in [6, 6.07) is 0.131. The Morgan fingerprint density at radius 2 is 2.06 bits per heavy atom. The minimum atomic E-state index is 0.131. The quantitative estimate of drug-likeness (QED) is 0.853. The summed E-state index contributed by atoms with van der Waals surface area (Å²) >= 11 is 3.61. The van der Waals surface area contributed by atoms with Crippen LogP contribution in [0.4, 0.5) is 0 Å². The lowest BCUT2D eigenvalue weighted by molar-refractivity contribution is 0.361. The Kier molecular flexibility index (Phi) is 5.25. The standard InChI is InChI=1S/C14H24BrN3/c1-2-9-18-14(12(15)10-17-18)13(16)11-7-5-3-4-6-8-11/h10-11,13H,2-9,16H2,1H3. The summed E-state index contributed by atoms with van der Waals surface area (Å²) in [5.41, 5.74) is 7.72. The van der Waals surface area contributed by atoms with Crippen molar-refractivity contribution in [1.82, 2.24) is 9.78 Å². The number of aromatic nitrogens is 2.